The third-order valence-electron chi connectivity index (χ3n) is 1.65. The molecule has 14 heavy (non-hydrogen) atoms. The van der Waals surface area contributed by atoms with Crippen molar-refractivity contribution >= 4 is 17.6 Å². The fraction of sp³-hybridized carbons (Fsp3) is 0.222. The van der Waals surface area contributed by atoms with Crippen LogP contribution in [0.5, 0.6) is 5.75 Å². The molecule has 5 heteroatoms. The molecule has 3 nitrogen and oxygen atoms in total. The zero-order valence-corrected chi connectivity index (χ0v) is 8.39. The van der Waals surface area contributed by atoms with Crippen LogP contribution in [-0.4, -0.2) is 20.2 Å². The molecule has 0 aliphatic carbocycles. The highest BCUT2D eigenvalue weighted by Gasteiger charge is 2.15. The molecule has 0 aliphatic heterocycles. The summed E-state index contributed by atoms with van der Waals surface area (Å²) in [4.78, 5) is 11.1. The molecule has 0 bridgehead atoms. The molecule has 1 aromatic rings. The molecule has 0 saturated carbocycles. The summed E-state index contributed by atoms with van der Waals surface area (Å²) in [6, 6.07) is 2.20. The van der Waals surface area contributed by atoms with Gasteiger partial charge in [-0.3, -0.25) is 0 Å². The van der Waals surface area contributed by atoms with Crippen LogP contribution in [0.1, 0.15) is 10.4 Å². The van der Waals surface area contributed by atoms with Crippen molar-refractivity contribution in [3.63, 3.8) is 0 Å². The Labute approximate surface area is 85.4 Å². The van der Waals surface area contributed by atoms with Gasteiger partial charge in [0.25, 0.3) is 0 Å². The summed E-state index contributed by atoms with van der Waals surface area (Å²) in [6.07, 6.45) is 0. The molecule has 0 N–H and O–H groups in total. The molecule has 0 spiro atoms. The van der Waals surface area contributed by atoms with Crippen LogP contribution in [0.2, 0.25) is 5.02 Å². The number of benzene rings is 1. The minimum absolute atomic E-state index is 0.0114. The second kappa shape index (κ2) is 4.28. The van der Waals surface area contributed by atoms with Crippen molar-refractivity contribution in [3.05, 3.63) is 28.5 Å². The maximum Gasteiger partial charge on any atom is 0.339 e. The number of hydrogen-bond donors (Lipinski definition) is 0. The Kier molecular flexibility index (Phi) is 3.30. The Bertz CT molecular complexity index is 365. The summed E-state index contributed by atoms with van der Waals surface area (Å²) in [5.74, 6) is -1.35. The SMILES string of the molecule is COC(=O)c1cc(F)c(OC)cc1Cl. The summed E-state index contributed by atoms with van der Waals surface area (Å²) in [7, 11) is 2.51. The second-order valence-electron chi connectivity index (χ2n) is 2.46. The summed E-state index contributed by atoms with van der Waals surface area (Å²) in [5.41, 5.74) is -0.0209. The first-order valence-corrected chi connectivity index (χ1v) is 4.09. The van der Waals surface area contributed by atoms with E-state index in [0.29, 0.717) is 0 Å². The molecule has 1 rings (SSSR count). The Morgan fingerprint density at radius 3 is 2.57 bits per heavy atom. The molecule has 0 saturated heterocycles. The van der Waals surface area contributed by atoms with Crippen molar-refractivity contribution in [2.24, 2.45) is 0 Å². The van der Waals surface area contributed by atoms with Gasteiger partial charge in [0.2, 0.25) is 0 Å². The van der Waals surface area contributed by atoms with E-state index in [1.807, 2.05) is 0 Å². The number of rotatable bonds is 2. The van der Waals surface area contributed by atoms with E-state index in [1.165, 1.54) is 20.3 Å². The van der Waals surface area contributed by atoms with Gasteiger partial charge in [0.1, 0.15) is 0 Å². The van der Waals surface area contributed by atoms with Crippen LogP contribution in [0, 0.1) is 5.82 Å². The molecule has 0 unspecified atom stereocenters. The maximum atomic E-state index is 13.1. The van der Waals surface area contributed by atoms with Crippen molar-refractivity contribution in [2.45, 2.75) is 0 Å². The number of carbonyl (C=O) groups is 1. The molecule has 0 amide bonds. The predicted octanol–water partition coefficient (Wildman–Crippen LogP) is 2.27. The lowest BCUT2D eigenvalue weighted by Gasteiger charge is -2.06. The van der Waals surface area contributed by atoms with Crippen LogP contribution < -0.4 is 4.74 Å². The quantitative estimate of drug-likeness (QED) is 0.715. The third kappa shape index (κ3) is 1.96. The molecule has 0 radical (unpaired) electrons. The lowest BCUT2D eigenvalue weighted by molar-refractivity contribution is 0.0600. The lowest BCUT2D eigenvalue weighted by Crippen LogP contribution is -2.03. The first kappa shape index (κ1) is 10.8. The zero-order chi connectivity index (χ0) is 10.7. The van der Waals surface area contributed by atoms with Crippen LogP contribution in [0.3, 0.4) is 0 Å². The van der Waals surface area contributed by atoms with E-state index in [0.717, 1.165) is 6.07 Å². The largest absolute Gasteiger partial charge is 0.494 e. The Morgan fingerprint density at radius 2 is 2.07 bits per heavy atom. The van der Waals surface area contributed by atoms with E-state index in [-0.39, 0.29) is 16.3 Å². The number of methoxy groups -OCH3 is 2. The Balaban J connectivity index is 3.21. The first-order valence-electron chi connectivity index (χ1n) is 3.71. The topological polar surface area (TPSA) is 35.5 Å². The fourth-order valence-electron chi connectivity index (χ4n) is 0.951. The monoisotopic (exact) mass is 218 g/mol. The van der Waals surface area contributed by atoms with Crippen molar-refractivity contribution in [2.75, 3.05) is 14.2 Å². The number of carbonyl (C=O) groups excluding carboxylic acids is 1. The van der Waals surface area contributed by atoms with Gasteiger partial charge < -0.3 is 9.47 Å². The van der Waals surface area contributed by atoms with E-state index in [2.05, 4.69) is 9.47 Å². The van der Waals surface area contributed by atoms with Gasteiger partial charge in [-0.25, -0.2) is 9.18 Å². The Hall–Kier alpha value is -1.29. The van der Waals surface area contributed by atoms with E-state index < -0.39 is 11.8 Å². The van der Waals surface area contributed by atoms with E-state index >= 15 is 0 Å². The van der Waals surface area contributed by atoms with Gasteiger partial charge in [-0.1, -0.05) is 11.6 Å². The van der Waals surface area contributed by atoms with Gasteiger partial charge in [0.05, 0.1) is 24.8 Å². The highest BCUT2D eigenvalue weighted by atomic mass is 35.5. The van der Waals surface area contributed by atoms with E-state index in [9.17, 15) is 9.18 Å². The average molecular weight is 219 g/mol. The maximum absolute atomic E-state index is 13.1. The molecule has 76 valence electrons. The lowest BCUT2D eigenvalue weighted by atomic mass is 10.2. The smallest absolute Gasteiger partial charge is 0.339 e. The number of hydrogen-bond acceptors (Lipinski definition) is 3. The number of esters is 1. The van der Waals surface area contributed by atoms with Gasteiger partial charge in [-0.2, -0.15) is 0 Å². The molecule has 0 fully saturated rings. The minimum atomic E-state index is -0.684. The summed E-state index contributed by atoms with van der Waals surface area (Å²) in [6.45, 7) is 0. The normalized spacial score (nSPS) is 9.71. The molecule has 0 aliphatic rings. The van der Waals surface area contributed by atoms with Crippen molar-refractivity contribution < 1.29 is 18.7 Å². The van der Waals surface area contributed by atoms with Crippen LogP contribution in [0.15, 0.2) is 12.1 Å². The molecule has 1 aromatic carbocycles. The number of ether oxygens (including phenoxy) is 2. The van der Waals surface area contributed by atoms with Gasteiger partial charge >= 0.3 is 5.97 Å². The highest BCUT2D eigenvalue weighted by Crippen LogP contribution is 2.26. The standard InChI is InChI=1S/C9H8ClFO3/c1-13-8-4-6(10)5(3-7(8)11)9(12)14-2/h3-4H,1-2H3. The van der Waals surface area contributed by atoms with Gasteiger partial charge in [-0.15, -0.1) is 0 Å². The van der Waals surface area contributed by atoms with Gasteiger partial charge in [-0.05, 0) is 6.07 Å². The van der Waals surface area contributed by atoms with Crippen LogP contribution in [0.4, 0.5) is 4.39 Å². The van der Waals surface area contributed by atoms with Crippen LogP contribution in [0.25, 0.3) is 0 Å². The molecule has 0 heterocycles. The van der Waals surface area contributed by atoms with E-state index in [4.69, 9.17) is 11.6 Å². The van der Waals surface area contributed by atoms with Crippen molar-refractivity contribution in [1.29, 1.82) is 0 Å². The van der Waals surface area contributed by atoms with Crippen molar-refractivity contribution in [3.8, 4) is 5.75 Å². The third-order valence-corrected chi connectivity index (χ3v) is 1.96. The summed E-state index contributed by atoms with van der Waals surface area (Å²) in [5, 5.41) is 0.0927. The minimum Gasteiger partial charge on any atom is -0.494 e. The highest BCUT2D eigenvalue weighted by molar-refractivity contribution is 6.33. The van der Waals surface area contributed by atoms with Crippen molar-refractivity contribution in [1.82, 2.24) is 0 Å². The van der Waals surface area contributed by atoms with E-state index in [1.54, 1.807) is 0 Å². The van der Waals surface area contributed by atoms with Gasteiger partial charge in [0.15, 0.2) is 11.6 Å². The predicted molar refractivity (Wildman–Crippen MR) is 49.3 cm³/mol. The average Bonchev–Trinajstić information content (AvgIpc) is 2.19. The molecule has 0 aromatic heterocycles. The fourth-order valence-corrected chi connectivity index (χ4v) is 1.18. The van der Waals surface area contributed by atoms with Crippen LogP contribution in [-0.2, 0) is 4.74 Å². The van der Waals surface area contributed by atoms with Gasteiger partial charge in [0, 0.05) is 6.07 Å². The Morgan fingerprint density at radius 1 is 1.43 bits per heavy atom. The second-order valence-corrected chi connectivity index (χ2v) is 2.87. The number of halogens is 2. The zero-order valence-electron chi connectivity index (χ0n) is 7.64. The molecular weight excluding hydrogens is 211 g/mol. The molecule has 0 atom stereocenters. The first-order chi connectivity index (χ1) is 6.60. The summed E-state index contributed by atoms with van der Waals surface area (Å²) < 4.78 is 22.2. The van der Waals surface area contributed by atoms with Crippen LogP contribution >= 0.6 is 11.6 Å². The molecular formula is C9H8ClFO3. The summed E-state index contributed by atoms with van der Waals surface area (Å²) >= 11 is 5.71.